The number of carbonyl (C=O) groups excluding carboxylic acids is 1. The van der Waals surface area contributed by atoms with Gasteiger partial charge in [0, 0.05) is 11.4 Å². The number of nitrogens with one attached hydrogen (secondary N) is 1. The average Bonchev–Trinajstić information content (AvgIpc) is 2.83. The minimum absolute atomic E-state index is 0.0174. The van der Waals surface area contributed by atoms with Gasteiger partial charge in [0.2, 0.25) is 5.91 Å². The van der Waals surface area contributed by atoms with Crippen molar-refractivity contribution < 1.29 is 18.0 Å². The van der Waals surface area contributed by atoms with Crippen molar-refractivity contribution in [3.8, 4) is 0 Å². The molecular weight excluding hydrogens is 325 g/mol. The Morgan fingerprint density at radius 3 is 2.57 bits per heavy atom. The van der Waals surface area contributed by atoms with E-state index in [4.69, 9.17) is 0 Å². The average molecular weight is 342 g/mol. The number of hydrogen-bond acceptors (Lipinski definition) is 3. The number of likely N-dealkylation sites (N-methyl/N-ethyl adjacent to an activating group) is 1. The molecule has 2 rings (SSSR count). The second kappa shape index (κ2) is 7.14. The van der Waals surface area contributed by atoms with Gasteiger partial charge in [0.25, 0.3) is 0 Å². The van der Waals surface area contributed by atoms with Crippen molar-refractivity contribution in [2.24, 2.45) is 0 Å². The van der Waals surface area contributed by atoms with Crippen LogP contribution in [0.4, 0.5) is 18.9 Å². The SMILES string of the molecule is Cc1ccsc1CN(C)CC(=O)Nc1ccccc1C(F)(F)F. The summed E-state index contributed by atoms with van der Waals surface area (Å²) in [4.78, 5) is 14.9. The Morgan fingerprint density at radius 1 is 1.26 bits per heavy atom. The summed E-state index contributed by atoms with van der Waals surface area (Å²) in [5, 5.41) is 4.32. The predicted octanol–water partition coefficient (Wildman–Crippen LogP) is 4.15. The van der Waals surface area contributed by atoms with Crippen LogP contribution in [-0.4, -0.2) is 24.4 Å². The number of para-hydroxylation sites is 1. The van der Waals surface area contributed by atoms with E-state index in [0.717, 1.165) is 16.5 Å². The maximum atomic E-state index is 12.9. The number of carbonyl (C=O) groups is 1. The van der Waals surface area contributed by atoms with E-state index >= 15 is 0 Å². The highest BCUT2D eigenvalue weighted by atomic mass is 32.1. The molecule has 1 heterocycles. The van der Waals surface area contributed by atoms with Crippen LogP contribution in [0.2, 0.25) is 0 Å². The van der Waals surface area contributed by atoms with Gasteiger partial charge in [0.15, 0.2) is 0 Å². The van der Waals surface area contributed by atoms with E-state index in [9.17, 15) is 18.0 Å². The zero-order valence-corrected chi connectivity index (χ0v) is 13.6. The molecule has 1 aromatic heterocycles. The number of benzene rings is 1. The molecule has 23 heavy (non-hydrogen) atoms. The van der Waals surface area contributed by atoms with Crippen molar-refractivity contribution in [3.63, 3.8) is 0 Å². The summed E-state index contributed by atoms with van der Waals surface area (Å²) in [5.41, 5.74) is 0.0838. The maximum absolute atomic E-state index is 12.9. The van der Waals surface area contributed by atoms with Gasteiger partial charge in [-0.1, -0.05) is 12.1 Å². The Kier molecular flexibility index (Phi) is 5.43. The van der Waals surface area contributed by atoms with Gasteiger partial charge in [-0.15, -0.1) is 11.3 Å². The van der Waals surface area contributed by atoms with E-state index in [1.54, 1.807) is 23.3 Å². The predicted molar refractivity (Wildman–Crippen MR) is 85.5 cm³/mol. The minimum Gasteiger partial charge on any atom is -0.324 e. The lowest BCUT2D eigenvalue weighted by Gasteiger charge is -2.17. The molecule has 0 saturated carbocycles. The van der Waals surface area contributed by atoms with Gasteiger partial charge in [-0.3, -0.25) is 9.69 Å². The minimum atomic E-state index is -4.50. The van der Waals surface area contributed by atoms with Crippen LogP contribution < -0.4 is 5.32 Å². The van der Waals surface area contributed by atoms with Crippen LogP contribution in [0.25, 0.3) is 0 Å². The molecule has 1 amide bonds. The third-order valence-corrected chi connectivity index (χ3v) is 4.31. The third-order valence-electron chi connectivity index (χ3n) is 3.30. The fraction of sp³-hybridized carbons (Fsp3) is 0.312. The molecule has 124 valence electrons. The number of anilines is 1. The molecule has 1 N–H and O–H groups in total. The van der Waals surface area contributed by atoms with Gasteiger partial charge < -0.3 is 5.32 Å². The van der Waals surface area contributed by atoms with Crippen LogP contribution in [0, 0.1) is 6.92 Å². The molecule has 0 bridgehead atoms. The lowest BCUT2D eigenvalue weighted by Crippen LogP contribution is -2.30. The van der Waals surface area contributed by atoms with E-state index in [1.807, 2.05) is 18.4 Å². The van der Waals surface area contributed by atoms with Gasteiger partial charge >= 0.3 is 6.18 Å². The third kappa shape index (κ3) is 4.80. The monoisotopic (exact) mass is 342 g/mol. The highest BCUT2D eigenvalue weighted by Crippen LogP contribution is 2.34. The van der Waals surface area contributed by atoms with Crippen molar-refractivity contribution >= 4 is 22.9 Å². The van der Waals surface area contributed by atoms with Gasteiger partial charge in [-0.05, 0) is 43.1 Å². The standard InChI is InChI=1S/C16H17F3N2OS/c1-11-7-8-23-14(11)9-21(2)10-15(22)20-13-6-4-3-5-12(13)16(17,18)19/h3-8H,9-10H2,1-2H3,(H,20,22). The first-order valence-corrected chi connectivity index (χ1v) is 7.83. The molecule has 0 aliphatic carbocycles. The van der Waals surface area contributed by atoms with Crippen LogP contribution in [0.1, 0.15) is 16.0 Å². The summed E-state index contributed by atoms with van der Waals surface area (Å²) >= 11 is 1.59. The highest BCUT2D eigenvalue weighted by molar-refractivity contribution is 7.10. The van der Waals surface area contributed by atoms with E-state index in [-0.39, 0.29) is 12.2 Å². The smallest absolute Gasteiger partial charge is 0.324 e. The molecule has 3 nitrogen and oxygen atoms in total. The van der Waals surface area contributed by atoms with Crippen molar-refractivity contribution in [3.05, 3.63) is 51.7 Å². The Balaban J connectivity index is 1.99. The van der Waals surface area contributed by atoms with E-state index in [2.05, 4.69) is 5.32 Å². The number of amides is 1. The largest absolute Gasteiger partial charge is 0.418 e. The lowest BCUT2D eigenvalue weighted by atomic mass is 10.1. The lowest BCUT2D eigenvalue weighted by molar-refractivity contribution is -0.137. The van der Waals surface area contributed by atoms with Crippen LogP contribution in [0.15, 0.2) is 35.7 Å². The Hall–Kier alpha value is -1.86. The number of aryl methyl sites for hydroxylation is 1. The Labute approximate surface area is 136 Å². The Morgan fingerprint density at radius 2 is 1.96 bits per heavy atom. The molecule has 0 atom stereocenters. The molecule has 0 aliphatic rings. The summed E-state index contributed by atoms with van der Waals surface area (Å²) < 4.78 is 38.7. The van der Waals surface area contributed by atoms with Gasteiger partial charge in [0.1, 0.15) is 0 Å². The molecule has 0 fully saturated rings. The summed E-state index contributed by atoms with van der Waals surface area (Å²) in [6.45, 7) is 2.58. The topological polar surface area (TPSA) is 32.3 Å². The number of nitrogens with zero attached hydrogens (tertiary/aromatic N) is 1. The fourth-order valence-corrected chi connectivity index (χ4v) is 3.13. The van der Waals surface area contributed by atoms with Crippen molar-refractivity contribution in [2.75, 3.05) is 18.9 Å². The quantitative estimate of drug-likeness (QED) is 0.885. The van der Waals surface area contributed by atoms with Crippen molar-refractivity contribution in [1.82, 2.24) is 4.90 Å². The second-order valence-corrected chi connectivity index (χ2v) is 6.29. The van der Waals surface area contributed by atoms with E-state index < -0.39 is 17.6 Å². The maximum Gasteiger partial charge on any atom is 0.418 e. The summed E-state index contributed by atoms with van der Waals surface area (Å²) in [5.74, 6) is -0.474. The number of hydrogen-bond donors (Lipinski definition) is 1. The molecule has 0 spiro atoms. The van der Waals surface area contributed by atoms with Crippen LogP contribution in [0.5, 0.6) is 0 Å². The van der Waals surface area contributed by atoms with Gasteiger partial charge in [-0.2, -0.15) is 13.2 Å². The first kappa shape index (κ1) is 17.5. The number of halogens is 3. The van der Waals surface area contributed by atoms with Crippen molar-refractivity contribution in [2.45, 2.75) is 19.6 Å². The number of rotatable bonds is 5. The fourth-order valence-electron chi connectivity index (χ4n) is 2.14. The number of alkyl halides is 3. The molecule has 1 aromatic carbocycles. The highest BCUT2D eigenvalue weighted by Gasteiger charge is 2.33. The van der Waals surface area contributed by atoms with Gasteiger partial charge in [0.05, 0.1) is 17.8 Å². The molecule has 0 radical (unpaired) electrons. The van der Waals surface area contributed by atoms with Crippen molar-refractivity contribution in [1.29, 1.82) is 0 Å². The molecule has 0 aliphatic heterocycles. The first-order chi connectivity index (χ1) is 10.8. The first-order valence-electron chi connectivity index (χ1n) is 6.95. The Bertz CT molecular complexity index is 682. The normalized spacial score (nSPS) is 11.7. The van der Waals surface area contributed by atoms with E-state index in [0.29, 0.717) is 6.54 Å². The zero-order valence-electron chi connectivity index (χ0n) is 12.8. The molecule has 7 heteroatoms. The van der Waals surface area contributed by atoms with Crippen LogP contribution in [0.3, 0.4) is 0 Å². The van der Waals surface area contributed by atoms with E-state index in [1.165, 1.54) is 18.2 Å². The number of thiophene rings is 1. The molecule has 2 aromatic rings. The summed E-state index contributed by atoms with van der Waals surface area (Å²) in [7, 11) is 1.76. The molecular formula is C16H17F3N2OS. The summed E-state index contributed by atoms with van der Waals surface area (Å²) in [6.07, 6.45) is -4.50. The zero-order chi connectivity index (χ0) is 17.0. The van der Waals surface area contributed by atoms with Gasteiger partial charge in [-0.25, -0.2) is 0 Å². The molecule has 0 unspecified atom stereocenters. The van der Waals surface area contributed by atoms with Crippen LogP contribution >= 0.6 is 11.3 Å². The van der Waals surface area contributed by atoms with Crippen LogP contribution in [-0.2, 0) is 17.5 Å². The molecule has 0 saturated heterocycles. The second-order valence-electron chi connectivity index (χ2n) is 5.29. The summed E-state index contributed by atoms with van der Waals surface area (Å²) in [6, 6.07) is 6.96.